The van der Waals surface area contributed by atoms with Crippen molar-refractivity contribution >= 4 is 11.6 Å². The van der Waals surface area contributed by atoms with E-state index in [1.807, 2.05) is 0 Å². The lowest BCUT2D eigenvalue weighted by Crippen LogP contribution is -1.95. The molecule has 0 spiro atoms. The highest BCUT2D eigenvalue weighted by Crippen LogP contribution is 2.03. The summed E-state index contributed by atoms with van der Waals surface area (Å²) in [4.78, 5) is 0. The van der Waals surface area contributed by atoms with Crippen molar-refractivity contribution in [3.05, 3.63) is 16.9 Å². The molecule has 0 aliphatic carbocycles. The third-order valence-corrected chi connectivity index (χ3v) is 1.01. The lowest BCUT2D eigenvalue weighted by molar-refractivity contribution is 0.947. The zero-order chi connectivity index (χ0) is 5.98. The topological polar surface area (TPSA) is 54.7 Å². The molecule has 1 aromatic heterocycles. The SMILES string of the molecule is NCc1cc(Cl)n[nH]1. The van der Waals surface area contributed by atoms with Gasteiger partial charge in [-0.2, -0.15) is 5.10 Å². The fourth-order valence-corrected chi connectivity index (χ4v) is 0.612. The van der Waals surface area contributed by atoms with Crippen LogP contribution >= 0.6 is 11.6 Å². The van der Waals surface area contributed by atoms with Crippen LogP contribution in [-0.4, -0.2) is 10.2 Å². The van der Waals surface area contributed by atoms with Gasteiger partial charge >= 0.3 is 0 Å². The summed E-state index contributed by atoms with van der Waals surface area (Å²) in [6.45, 7) is 0.458. The summed E-state index contributed by atoms with van der Waals surface area (Å²) < 4.78 is 0. The highest BCUT2D eigenvalue weighted by molar-refractivity contribution is 6.29. The number of aromatic amines is 1. The van der Waals surface area contributed by atoms with E-state index in [2.05, 4.69) is 10.2 Å². The highest BCUT2D eigenvalue weighted by Gasteiger charge is 1.91. The number of nitrogens with one attached hydrogen (secondary N) is 1. The van der Waals surface area contributed by atoms with Crippen LogP contribution in [0.25, 0.3) is 0 Å². The Bertz CT molecular complexity index is 172. The van der Waals surface area contributed by atoms with Crippen LogP contribution in [0.15, 0.2) is 6.07 Å². The van der Waals surface area contributed by atoms with E-state index in [4.69, 9.17) is 17.3 Å². The minimum Gasteiger partial charge on any atom is -0.325 e. The van der Waals surface area contributed by atoms with Gasteiger partial charge in [0.2, 0.25) is 0 Å². The molecule has 0 bridgehead atoms. The van der Waals surface area contributed by atoms with Gasteiger partial charge in [-0.05, 0) is 6.07 Å². The quantitative estimate of drug-likeness (QED) is 0.584. The molecule has 0 fully saturated rings. The molecule has 3 N–H and O–H groups in total. The second kappa shape index (κ2) is 2.15. The largest absolute Gasteiger partial charge is 0.325 e. The second-order valence-corrected chi connectivity index (χ2v) is 1.81. The van der Waals surface area contributed by atoms with E-state index in [9.17, 15) is 0 Å². The number of rotatable bonds is 1. The van der Waals surface area contributed by atoms with E-state index in [1.165, 1.54) is 0 Å². The Morgan fingerprint density at radius 1 is 1.88 bits per heavy atom. The lowest BCUT2D eigenvalue weighted by atomic mass is 10.4. The Hall–Kier alpha value is -0.540. The van der Waals surface area contributed by atoms with Gasteiger partial charge in [0.1, 0.15) is 0 Å². The summed E-state index contributed by atoms with van der Waals surface area (Å²) in [6, 6.07) is 1.70. The van der Waals surface area contributed by atoms with Crippen molar-refractivity contribution in [2.24, 2.45) is 5.73 Å². The summed E-state index contributed by atoms with van der Waals surface area (Å²) >= 11 is 5.44. The molecule has 1 aromatic rings. The van der Waals surface area contributed by atoms with Gasteiger partial charge in [-0.1, -0.05) is 11.6 Å². The van der Waals surface area contributed by atoms with Crippen LogP contribution in [0.5, 0.6) is 0 Å². The van der Waals surface area contributed by atoms with Gasteiger partial charge in [-0.15, -0.1) is 0 Å². The minimum absolute atomic E-state index is 0.458. The number of nitrogens with two attached hydrogens (primary N) is 1. The standard InChI is InChI=1S/C4H6ClN3/c5-4-1-3(2-6)7-8-4/h1H,2,6H2,(H,7,8). The van der Waals surface area contributed by atoms with Crippen molar-refractivity contribution in [3.63, 3.8) is 0 Å². The maximum atomic E-state index is 5.44. The molecule has 1 rings (SSSR count). The molecule has 0 radical (unpaired) electrons. The van der Waals surface area contributed by atoms with Gasteiger partial charge in [-0.25, -0.2) is 0 Å². The van der Waals surface area contributed by atoms with Crippen LogP contribution in [0.4, 0.5) is 0 Å². The summed E-state index contributed by atoms with van der Waals surface area (Å²) in [7, 11) is 0. The predicted octanol–water partition coefficient (Wildman–Crippen LogP) is 0.522. The first kappa shape index (κ1) is 5.59. The Kier molecular flexibility index (Phi) is 1.50. The lowest BCUT2D eigenvalue weighted by Gasteiger charge is -1.80. The van der Waals surface area contributed by atoms with Crippen molar-refractivity contribution in [1.82, 2.24) is 10.2 Å². The van der Waals surface area contributed by atoms with E-state index in [-0.39, 0.29) is 0 Å². The predicted molar refractivity (Wildman–Crippen MR) is 31.5 cm³/mol. The van der Waals surface area contributed by atoms with Crippen molar-refractivity contribution in [2.75, 3.05) is 0 Å². The monoisotopic (exact) mass is 131 g/mol. The smallest absolute Gasteiger partial charge is 0.151 e. The number of H-pyrrole nitrogens is 1. The van der Waals surface area contributed by atoms with Crippen molar-refractivity contribution in [1.29, 1.82) is 0 Å². The average Bonchev–Trinajstić information content (AvgIpc) is 2.14. The highest BCUT2D eigenvalue weighted by atomic mass is 35.5. The first-order valence-electron chi connectivity index (χ1n) is 2.23. The summed E-state index contributed by atoms with van der Waals surface area (Å²) in [5.41, 5.74) is 6.09. The Balaban J connectivity index is 2.84. The molecule has 3 nitrogen and oxygen atoms in total. The Labute approximate surface area is 51.8 Å². The van der Waals surface area contributed by atoms with Gasteiger partial charge in [-0.3, -0.25) is 5.10 Å². The van der Waals surface area contributed by atoms with Gasteiger partial charge in [0, 0.05) is 6.54 Å². The molecule has 0 aliphatic heterocycles. The zero-order valence-electron chi connectivity index (χ0n) is 4.19. The fourth-order valence-electron chi connectivity index (χ4n) is 0.438. The van der Waals surface area contributed by atoms with E-state index in [1.54, 1.807) is 6.07 Å². The van der Waals surface area contributed by atoms with Crippen LogP contribution in [0.3, 0.4) is 0 Å². The molecule has 44 valence electrons. The zero-order valence-corrected chi connectivity index (χ0v) is 4.94. The third-order valence-electron chi connectivity index (χ3n) is 0.820. The van der Waals surface area contributed by atoms with E-state index in [0.717, 1.165) is 5.69 Å². The van der Waals surface area contributed by atoms with Gasteiger partial charge in [0.25, 0.3) is 0 Å². The molecule has 0 amide bonds. The summed E-state index contributed by atoms with van der Waals surface area (Å²) in [6.07, 6.45) is 0. The van der Waals surface area contributed by atoms with Gasteiger partial charge in [0.05, 0.1) is 5.69 Å². The third kappa shape index (κ3) is 0.993. The van der Waals surface area contributed by atoms with E-state index >= 15 is 0 Å². The number of halogens is 1. The van der Waals surface area contributed by atoms with Crippen LogP contribution in [0, 0.1) is 0 Å². The normalized spacial score (nSPS) is 9.75. The average molecular weight is 132 g/mol. The molecule has 0 aromatic carbocycles. The molecular formula is C4H6ClN3. The van der Waals surface area contributed by atoms with E-state index < -0.39 is 0 Å². The Morgan fingerprint density at radius 3 is 2.88 bits per heavy atom. The summed E-state index contributed by atoms with van der Waals surface area (Å²) in [5, 5.41) is 6.76. The first-order valence-corrected chi connectivity index (χ1v) is 2.60. The van der Waals surface area contributed by atoms with Crippen LogP contribution in [0.1, 0.15) is 5.69 Å². The van der Waals surface area contributed by atoms with Gasteiger partial charge < -0.3 is 5.73 Å². The molecule has 0 saturated carbocycles. The van der Waals surface area contributed by atoms with Crippen LogP contribution in [-0.2, 0) is 6.54 Å². The molecule has 1 heterocycles. The minimum atomic E-state index is 0.458. The molecular weight excluding hydrogens is 126 g/mol. The molecule has 0 aliphatic rings. The molecule has 0 unspecified atom stereocenters. The molecule has 0 atom stereocenters. The van der Waals surface area contributed by atoms with Crippen molar-refractivity contribution in [2.45, 2.75) is 6.54 Å². The number of hydrogen-bond acceptors (Lipinski definition) is 2. The maximum absolute atomic E-state index is 5.44. The first-order chi connectivity index (χ1) is 3.83. The van der Waals surface area contributed by atoms with E-state index in [0.29, 0.717) is 11.7 Å². The van der Waals surface area contributed by atoms with Gasteiger partial charge in [0.15, 0.2) is 5.15 Å². The fraction of sp³-hybridized carbons (Fsp3) is 0.250. The van der Waals surface area contributed by atoms with Crippen LogP contribution in [0.2, 0.25) is 5.15 Å². The molecule has 0 saturated heterocycles. The van der Waals surface area contributed by atoms with Crippen molar-refractivity contribution in [3.8, 4) is 0 Å². The molecule has 4 heteroatoms. The van der Waals surface area contributed by atoms with Crippen LogP contribution < -0.4 is 5.73 Å². The summed E-state index contributed by atoms with van der Waals surface area (Å²) in [5.74, 6) is 0. The second-order valence-electron chi connectivity index (χ2n) is 1.42. The van der Waals surface area contributed by atoms with Crippen molar-refractivity contribution < 1.29 is 0 Å². The number of aromatic nitrogens is 2. The maximum Gasteiger partial charge on any atom is 0.151 e. The number of nitrogens with zero attached hydrogens (tertiary/aromatic N) is 1. The molecule has 8 heavy (non-hydrogen) atoms. The number of hydrogen-bond donors (Lipinski definition) is 2. The Morgan fingerprint density at radius 2 is 2.62 bits per heavy atom.